The molecular weight excluding hydrogens is 242 g/mol. The summed E-state index contributed by atoms with van der Waals surface area (Å²) in [4.78, 5) is 10.2. The van der Waals surface area contributed by atoms with Gasteiger partial charge in [0.2, 0.25) is 6.20 Å². The number of fused-ring (bicyclic) bond motifs is 3. The van der Waals surface area contributed by atoms with Gasteiger partial charge in [0.25, 0.3) is 0 Å². The van der Waals surface area contributed by atoms with Gasteiger partial charge in [0, 0.05) is 54.3 Å². The Labute approximate surface area is 110 Å². The molecule has 3 rings (SSSR count). The molecule has 5 nitrogen and oxygen atoms in total. The molecule has 1 aliphatic heterocycles. The Morgan fingerprint density at radius 3 is 3.00 bits per heavy atom. The summed E-state index contributed by atoms with van der Waals surface area (Å²) in [5.74, 6) is 0. The minimum absolute atomic E-state index is 0.409. The molecule has 0 atom stereocenters. The average molecular weight is 257 g/mol. The quantitative estimate of drug-likeness (QED) is 0.661. The van der Waals surface area contributed by atoms with Crippen LogP contribution in [0.2, 0.25) is 0 Å². The molecule has 98 valence electrons. The van der Waals surface area contributed by atoms with Crippen LogP contribution in [-0.4, -0.2) is 22.6 Å². The molecule has 0 radical (unpaired) electrons. The van der Waals surface area contributed by atoms with Gasteiger partial charge >= 0.3 is 0 Å². The van der Waals surface area contributed by atoms with Gasteiger partial charge < -0.3 is 9.88 Å². The van der Waals surface area contributed by atoms with Crippen LogP contribution in [0.5, 0.6) is 0 Å². The monoisotopic (exact) mass is 257 g/mol. The van der Waals surface area contributed by atoms with E-state index in [1.54, 1.807) is 6.08 Å². The van der Waals surface area contributed by atoms with E-state index in [4.69, 9.17) is 0 Å². The van der Waals surface area contributed by atoms with Crippen LogP contribution in [0.1, 0.15) is 11.3 Å². The number of aromatic nitrogens is 1. The van der Waals surface area contributed by atoms with E-state index in [-0.39, 0.29) is 0 Å². The van der Waals surface area contributed by atoms with Gasteiger partial charge in [-0.15, -0.1) is 0 Å². The largest absolute Gasteiger partial charge is 0.343 e. The molecule has 2 heterocycles. The standard InChI is InChI=1S/C14H15N3O2/c18-17(19)9-6-12-11-3-1-2-4-13(11)16-10-8-15-7-5-14(12)16/h1-4,6,9,15H,5,7-8,10H2. The average Bonchev–Trinajstić information content (AvgIpc) is 2.56. The summed E-state index contributed by atoms with van der Waals surface area (Å²) in [6, 6.07) is 8.09. The maximum atomic E-state index is 10.6. The molecule has 19 heavy (non-hydrogen) atoms. The summed E-state index contributed by atoms with van der Waals surface area (Å²) in [6.45, 7) is 2.75. The predicted octanol–water partition coefficient (Wildman–Crippen LogP) is 2.03. The van der Waals surface area contributed by atoms with Gasteiger partial charge in [-0.25, -0.2) is 0 Å². The van der Waals surface area contributed by atoms with Crippen molar-refractivity contribution in [2.24, 2.45) is 0 Å². The molecule has 1 N–H and O–H groups in total. The van der Waals surface area contributed by atoms with E-state index >= 15 is 0 Å². The summed E-state index contributed by atoms with van der Waals surface area (Å²) in [7, 11) is 0. The van der Waals surface area contributed by atoms with Crippen LogP contribution in [0.15, 0.2) is 30.5 Å². The molecule has 0 saturated heterocycles. The number of benzene rings is 1. The molecule has 0 aliphatic carbocycles. The van der Waals surface area contributed by atoms with Crippen molar-refractivity contribution in [1.29, 1.82) is 0 Å². The van der Waals surface area contributed by atoms with E-state index in [9.17, 15) is 10.1 Å². The van der Waals surface area contributed by atoms with Crippen molar-refractivity contribution < 1.29 is 4.92 Å². The Balaban J connectivity index is 2.23. The van der Waals surface area contributed by atoms with Gasteiger partial charge in [-0.2, -0.15) is 0 Å². The zero-order chi connectivity index (χ0) is 13.2. The van der Waals surface area contributed by atoms with Crippen molar-refractivity contribution >= 4 is 17.0 Å². The predicted molar refractivity (Wildman–Crippen MR) is 74.5 cm³/mol. The summed E-state index contributed by atoms with van der Waals surface area (Å²) >= 11 is 0. The van der Waals surface area contributed by atoms with Crippen LogP contribution < -0.4 is 5.32 Å². The lowest BCUT2D eigenvalue weighted by molar-refractivity contribution is -0.400. The van der Waals surface area contributed by atoms with Gasteiger partial charge in [-0.3, -0.25) is 10.1 Å². The Hall–Kier alpha value is -2.14. The SMILES string of the molecule is O=[N+]([O-])C=Cc1c2n(c3ccccc13)CCNCC2. The van der Waals surface area contributed by atoms with Crippen molar-refractivity contribution in [3.8, 4) is 0 Å². The minimum Gasteiger partial charge on any atom is -0.343 e. The number of para-hydroxylation sites is 1. The van der Waals surface area contributed by atoms with E-state index < -0.39 is 4.92 Å². The molecule has 0 unspecified atom stereocenters. The highest BCUT2D eigenvalue weighted by atomic mass is 16.6. The van der Waals surface area contributed by atoms with Crippen LogP contribution in [-0.2, 0) is 13.0 Å². The van der Waals surface area contributed by atoms with Gasteiger partial charge in [0.1, 0.15) is 0 Å². The lowest BCUT2D eigenvalue weighted by Crippen LogP contribution is -2.17. The second-order valence-electron chi connectivity index (χ2n) is 4.63. The molecule has 0 amide bonds. The van der Waals surface area contributed by atoms with Crippen molar-refractivity contribution in [2.75, 3.05) is 13.1 Å². The Bertz CT molecular complexity index is 658. The first-order chi connectivity index (χ1) is 9.27. The zero-order valence-electron chi connectivity index (χ0n) is 10.5. The summed E-state index contributed by atoms with van der Waals surface area (Å²) in [5.41, 5.74) is 3.32. The molecule has 0 spiro atoms. The minimum atomic E-state index is -0.409. The van der Waals surface area contributed by atoms with E-state index in [0.717, 1.165) is 48.7 Å². The highest BCUT2D eigenvalue weighted by Gasteiger charge is 2.17. The lowest BCUT2D eigenvalue weighted by atomic mass is 10.1. The lowest BCUT2D eigenvalue weighted by Gasteiger charge is -2.05. The first kappa shape index (κ1) is 11.9. The Morgan fingerprint density at radius 2 is 2.16 bits per heavy atom. The van der Waals surface area contributed by atoms with E-state index in [0.29, 0.717) is 0 Å². The number of hydrogen-bond acceptors (Lipinski definition) is 3. The molecule has 1 aromatic carbocycles. The van der Waals surface area contributed by atoms with Crippen molar-refractivity contribution in [1.82, 2.24) is 9.88 Å². The van der Waals surface area contributed by atoms with Gasteiger partial charge in [-0.1, -0.05) is 18.2 Å². The second-order valence-corrected chi connectivity index (χ2v) is 4.63. The Kier molecular flexibility index (Phi) is 3.05. The van der Waals surface area contributed by atoms with Crippen LogP contribution in [0.4, 0.5) is 0 Å². The van der Waals surface area contributed by atoms with E-state index in [1.165, 1.54) is 5.69 Å². The molecule has 1 aliphatic rings. The maximum absolute atomic E-state index is 10.6. The van der Waals surface area contributed by atoms with Crippen molar-refractivity contribution in [2.45, 2.75) is 13.0 Å². The molecule has 0 bridgehead atoms. The molecule has 0 saturated carbocycles. The molecule has 0 fully saturated rings. The van der Waals surface area contributed by atoms with Crippen LogP contribution >= 0.6 is 0 Å². The smallest absolute Gasteiger partial charge is 0.235 e. The number of hydrogen-bond donors (Lipinski definition) is 1. The second kappa shape index (κ2) is 4.85. The van der Waals surface area contributed by atoms with Crippen LogP contribution in [0, 0.1) is 10.1 Å². The first-order valence-corrected chi connectivity index (χ1v) is 6.40. The number of nitrogens with one attached hydrogen (secondary N) is 1. The Morgan fingerprint density at radius 1 is 1.32 bits per heavy atom. The number of rotatable bonds is 2. The summed E-state index contributed by atoms with van der Waals surface area (Å²) < 4.78 is 2.27. The van der Waals surface area contributed by atoms with Gasteiger partial charge in [0.05, 0.1) is 4.92 Å². The molecule has 5 heteroatoms. The normalized spacial score (nSPS) is 15.6. The third kappa shape index (κ3) is 2.13. The van der Waals surface area contributed by atoms with Crippen molar-refractivity contribution in [3.05, 3.63) is 51.8 Å². The van der Waals surface area contributed by atoms with E-state index in [1.807, 2.05) is 18.2 Å². The van der Waals surface area contributed by atoms with E-state index in [2.05, 4.69) is 16.0 Å². The highest BCUT2D eigenvalue weighted by Crippen LogP contribution is 2.28. The summed E-state index contributed by atoms with van der Waals surface area (Å²) in [6.07, 6.45) is 3.55. The molecule has 2 aromatic rings. The zero-order valence-corrected chi connectivity index (χ0v) is 10.5. The summed E-state index contributed by atoms with van der Waals surface area (Å²) in [5, 5.41) is 15.0. The third-order valence-corrected chi connectivity index (χ3v) is 3.54. The fourth-order valence-corrected chi connectivity index (χ4v) is 2.75. The van der Waals surface area contributed by atoms with Gasteiger partial charge in [-0.05, 0) is 6.07 Å². The number of nitrogens with zero attached hydrogens (tertiary/aromatic N) is 2. The highest BCUT2D eigenvalue weighted by molar-refractivity contribution is 5.91. The first-order valence-electron chi connectivity index (χ1n) is 6.40. The number of nitro groups is 1. The van der Waals surface area contributed by atoms with Crippen LogP contribution in [0.25, 0.3) is 17.0 Å². The molecule has 1 aromatic heterocycles. The van der Waals surface area contributed by atoms with Crippen molar-refractivity contribution in [3.63, 3.8) is 0 Å². The topological polar surface area (TPSA) is 60.1 Å². The fraction of sp³-hybridized carbons (Fsp3) is 0.286. The van der Waals surface area contributed by atoms with Crippen LogP contribution in [0.3, 0.4) is 0 Å². The third-order valence-electron chi connectivity index (χ3n) is 3.54. The molecular formula is C14H15N3O2. The fourth-order valence-electron chi connectivity index (χ4n) is 2.75. The maximum Gasteiger partial charge on any atom is 0.235 e. The van der Waals surface area contributed by atoms with Gasteiger partial charge in [0.15, 0.2) is 0 Å².